The van der Waals surface area contributed by atoms with Crippen LogP contribution in [0.5, 0.6) is 0 Å². The third kappa shape index (κ3) is 1.96. The number of nitrogens with one attached hydrogen (secondary N) is 2. The van der Waals surface area contributed by atoms with Gasteiger partial charge in [-0.25, -0.2) is 0 Å². The van der Waals surface area contributed by atoms with E-state index in [0.29, 0.717) is 11.4 Å². The van der Waals surface area contributed by atoms with Crippen molar-refractivity contribution in [3.63, 3.8) is 0 Å². The molecule has 0 spiro atoms. The summed E-state index contributed by atoms with van der Waals surface area (Å²) in [5.41, 5.74) is 6.50. The lowest BCUT2D eigenvalue weighted by atomic mass is 10.4. The van der Waals surface area contributed by atoms with Gasteiger partial charge in [-0.15, -0.1) is 0 Å². The zero-order chi connectivity index (χ0) is 10.9. The van der Waals surface area contributed by atoms with Crippen molar-refractivity contribution < 1.29 is 8.42 Å². The quantitative estimate of drug-likeness (QED) is 0.638. The smallest absolute Gasteiger partial charge is 0.302 e. The van der Waals surface area contributed by atoms with Crippen molar-refractivity contribution in [2.24, 2.45) is 0 Å². The van der Waals surface area contributed by atoms with Crippen LogP contribution in [0.4, 0.5) is 11.5 Å². The first-order valence-electron chi connectivity index (χ1n) is 3.85. The lowest BCUT2D eigenvalue weighted by Gasteiger charge is -2.11. The lowest BCUT2D eigenvalue weighted by Crippen LogP contribution is -2.29. The first-order valence-corrected chi connectivity index (χ1v) is 5.29. The van der Waals surface area contributed by atoms with Crippen LogP contribution in [0, 0.1) is 6.92 Å². The van der Waals surface area contributed by atoms with Crippen LogP contribution in [0.1, 0.15) is 5.69 Å². The van der Waals surface area contributed by atoms with Crippen molar-refractivity contribution in [1.82, 2.24) is 14.5 Å². The molecule has 0 amide bonds. The summed E-state index contributed by atoms with van der Waals surface area (Å²) >= 11 is 0. The third-order valence-electron chi connectivity index (χ3n) is 1.70. The highest BCUT2D eigenvalue weighted by Crippen LogP contribution is 2.19. The Morgan fingerprint density at radius 3 is 2.43 bits per heavy atom. The number of nitrogen functional groups attached to an aromatic ring is 1. The average Bonchev–Trinajstić information content (AvgIpc) is 2.35. The van der Waals surface area contributed by atoms with Crippen LogP contribution >= 0.6 is 0 Å². The standard InChI is InChI=1S/C6H13N5O2S/c1-4-5(7)6(9-8-4)10-14(12,13)11(2)3/h7H2,1-3H3,(H2,8,9,10). The van der Waals surface area contributed by atoms with Crippen molar-refractivity contribution in [3.8, 4) is 0 Å². The molecule has 0 aliphatic rings. The van der Waals surface area contributed by atoms with Gasteiger partial charge in [-0.3, -0.25) is 9.82 Å². The van der Waals surface area contributed by atoms with Gasteiger partial charge < -0.3 is 5.73 Å². The molecule has 0 unspecified atom stereocenters. The van der Waals surface area contributed by atoms with E-state index in [9.17, 15) is 8.42 Å². The topological polar surface area (TPSA) is 104 Å². The summed E-state index contributed by atoms with van der Waals surface area (Å²) in [5, 5.41) is 6.29. The lowest BCUT2D eigenvalue weighted by molar-refractivity contribution is 0.526. The van der Waals surface area contributed by atoms with Crippen LogP contribution in [-0.4, -0.2) is 37.0 Å². The van der Waals surface area contributed by atoms with Crippen molar-refractivity contribution in [3.05, 3.63) is 5.69 Å². The van der Waals surface area contributed by atoms with Gasteiger partial charge in [0.15, 0.2) is 5.82 Å². The van der Waals surface area contributed by atoms with Crippen molar-refractivity contribution in [2.45, 2.75) is 6.92 Å². The highest BCUT2D eigenvalue weighted by atomic mass is 32.2. The molecule has 1 rings (SSSR count). The van der Waals surface area contributed by atoms with Gasteiger partial charge in [-0.2, -0.15) is 17.8 Å². The second kappa shape index (κ2) is 3.46. The Balaban J connectivity index is 2.96. The normalized spacial score (nSPS) is 12.0. The number of H-pyrrole nitrogens is 1. The Hall–Kier alpha value is -1.28. The molecular weight excluding hydrogens is 206 g/mol. The molecule has 80 valence electrons. The number of aromatic nitrogens is 2. The average molecular weight is 219 g/mol. The number of aryl methyl sites for hydroxylation is 1. The summed E-state index contributed by atoms with van der Waals surface area (Å²) in [7, 11) is -0.710. The molecule has 0 saturated heterocycles. The van der Waals surface area contributed by atoms with Crippen molar-refractivity contribution in [2.75, 3.05) is 24.6 Å². The number of rotatable bonds is 3. The van der Waals surface area contributed by atoms with Crippen molar-refractivity contribution >= 4 is 21.7 Å². The molecule has 1 aromatic rings. The van der Waals surface area contributed by atoms with Crippen molar-refractivity contribution in [1.29, 1.82) is 0 Å². The highest BCUT2D eigenvalue weighted by molar-refractivity contribution is 7.90. The van der Waals surface area contributed by atoms with Gasteiger partial charge in [0.05, 0.1) is 11.4 Å². The Bertz CT molecular complexity index is 421. The minimum Gasteiger partial charge on any atom is -0.394 e. The zero-order valence-corrected chi connectivity index (χ0v) is 9.01. The fraction of sp³-hybridized carbons (Fsp3) is 0.500. The molecular formula is C6H13N5O2S. The second-order valence-corrected chi connectivity index (χ2v) is 4.88. The Morgan fingerprint density at radius 2 is 2.07 bits per heavy atom. The van der Waals surface area contributed by atoms with E-state index in [1.54, 1.807) is 6.92 Å². The van der Waals surface area contributed by atoms with E-state index in [2.05, 4.69) is 14.9 Å². The monoisotopic (exact) mass is 219 g/mol. The van der Waals surface area contributed by atoms with E-state index in [4.69, 9.17) is 5.73 Å². The van der Waals surface area contributed by atoms with Gasteiger partial charge in [-0.05, 0) is 6.92 Å². The van der Waals surface area contributed by atoms with E-state index in [1.807, 2.05) is 0 Å². The molecule has 7 nitrogen and oxygen atoms in total. The van der Waals surface area contributed by atoms with Crippen LogP contribution in [0.2, 0.25) is 0 Å². The SMILES string of the molecule is Cc1[nH]nc(NS(=O)(=O)N(C)C)c1N. The van der Waals surface area contributed by atoms with E-state index in [-0.39, 0.29) is 5.82 Å². The molecule has 0 aliphatic heterocycles. The maximum absolute atomic E-state index is 11.4. The number of hydrogen-bond acceptors (Lipinski definition) is 4. The van der Waals surface area contributed by atoms with Crippen LogP contribution < -0.4 is 10.5 Å². The first-order chi connectivity index (χ1) is 6.34. The fourth-order valence-corrected chi connectivity index (χ4v) is 1.31. The van der Waals surface area contributed by atoms with E-state index in [0.717, 1.165) is 4.31 Å². The van der Waals surface area contributed by atoms with Crippen LogP contribution in [0.3, 0.4) is 0 Å². The number of nitrogens with two attached hydrogens (primary N) is 1. The van der Waals surface area contributed by atoms with Gasteiger partial charge in [-0.1, -0.05) is 0 Å². The van der Waals surface area contributed by atoms with E-state index in [1.165, 1.54) is 14.1 Å². The number of aromatic amines is 1. The van der Waals surface area contributed by atoms with Crippen LogP contribution in [0.25, 0.3) is 0 Å². The van der Waals surface area contributed by atoms with Gasteiger partial charge in [0.2, 0.25) is 0 Å². The minimum absolute atomic E-state index is 0.121. The second-order valence-electron chi connectivity index (χ2n) is 3.00. The van der Waals surface area contributed by atoms with Gasteiger partial charge >= 0.3 is 10.2 Å². The number of hydrogen-bond donors (Lipinski definition) is 3. The minimum atomic E-state index is -3.54. The number of anilines is 2. The Kier molecular flexibility index (Phi) is 2.67. The summed E-state index contributed by atoms with van der Waals surface area (Å²) in [6.07, 6.45) is 0. The summed E-state index contributed by atoms with van der Waals surface area (Å²) < 4.78 is 26.0. The molecule has 0 fully saturated rings. The summed E-state index contributed by atoms with van der Waals surface area (Å²) in [6, 6.07) is 0. The molecule has 0 aliphatic carbocycles. The van der Waals surface area contributed by atoms with Crippen LogP contribution in [0.15, 0.2) is 0 Å². The summed E-state index contributed by atoms with van der Waals surface area (Å²) in [4.78, 5) is 0. The molecule has 8 heteroatoms. The first kappa shape index (κ1) is 10.8. The van der Waals surface area contributed by atoms with Crippen LogP contribution in [-0.2, 0) is 10.2 Å². The molecule has 1 heterocycles. The number of nitrogens with zero attached hydrogens (tertiary/aromatic N) is 2. The predicted molar refractivity (Wildman–Crippen MR) is 54.0 cm³/mol. The highest BCUT2D eigenvalue weighted by Gasteiger charge is 2.17. The molecule has 1 aromatic heterocycles. The predicted octanol–water partition coefficient (Wildman–Crippen LogP) is -0.481. The summed E-state index contributed by atoms with van der Waals surface area (Å²) in [6.45, 7) is 1.70. The summed E-state index contributed by atoms with van der Waals surface area (Å²) in [5.74, 6) is 0.121. The van der Waals surface area contributed by atoms with E-state index < -0.39 is 10.2 Å². The molecule has 0 bridgehead atoms. The molecule has 14 heavy (non-hydrogen) atoms. The van der Waals surface area contributed by atoms with Gasteiger partial charge in [0, 0.05) is 14.1 Å². The maximum Gasteiger partial charge on any atom is 0.302 e. The molecule has 4 N–H and O–H groups in total. The van der Waals surface area contributed by atoms with E-state index >= 15 is 0 Å². The van der Waals surface area contributed by atoms with Gasteiger partial charge in [0.25, 0.3) is 0 Å². The fourth-order valence-electron chi connectivity index (χ4n) is 0.729. The maximum atomic E-state index is 11.4. The molecule has 0 aromatic carbocycles. The zero-order valence-electron chi connectivity index (χ0n) is 8.20. The Labute approximate surface area is 82.5 Å². The molecule has 0 atom stereocenters. The molecule has 0 saturated carbocycles. The Morgan fingerprint density at radius 1 is 1.50 bits per heavy atom. The van der Waals surface area contributed by atoms with Gasteiger partial charge in [0.1, 0.15) is 0 Å². The molecule has 0 radical (unpaired) electrons. The largest absolute Gasteiger partial charge is 0.394 e. The third-order valence-corrected chi connectivity index (χ3v) is 3.11.